The van der Waals surface area contributed by atoms with Crippen molar-refractivity contribution in [2.24, 2.45) is 5.73 Å². The molecular formula is C15H18N4S. The molecule has 4 nitrogen and oxygen atoms in total. The maximum Gasteiger partial charge on any atom is 0.193 e. The van der Waals surface area contributed by atoms with Crippen molar-refractivity contribution >= 4 is 23.1 Å². The van der Waals surface area contributed by atoms with E-state index in [1.54, 1.807) is 4.68 Å². The topological polar surface area (TPSA) is 55.9 Å². The first-order chi connectivity index (χ1) is 9.68. The van der Waals surface area contributed by atoms with Crippen LogP contribution in [0.1, 0.15) is 24.0 Å². The number of aromatic nitrogens is 2. The summed E-state index contributed by atoms with van der Waals surface area (Å²) >= 11 is 5.13. The predicted octanol–water partition coefficient (Wildman–Crippen LogP) is 2.70. The van der Waals surface area contributed by atoms with Crippen molar-refractivity contribution in [3.8, 4) is 11.3 Å². The Balaban J connectivity index is 2.21. The number of anilines is 1. The summed E-state index contributed by atoms with van der Waals surface area (Å²) in [6.45, 7) is 3.04. The van der Waals surface area contributed by atoms with E-state index in [9.17, 15) is 0 Å². The van der Waals surface area contributed by atoms with E-state index in [1.165, 1.54) is 11.1 Å². The Labute approximate surface area is 124 Å². The zero-order valence-corrected chi connectivity index (χ0v) is 12.3. The molecule has 0 unspecified atom stereocenters. The Hall–Kier alpha value is -1.88. The minimum atomic E-state index is 0.287. The van der Waals surface area contributed by atoms with E-state index < -0.39 is 0 Å². The number of fused-ring (bicyclic) bond motifs is 1. The van der Waals surface area contributed by atoms with E-state index in [0.717, 1.165) is 42.9 Å². The summed E-state index contributed by atoms with van der Waals surface area (Å²) in [5, 5.41) is 8.36. The fourth-order valence-corrected chi connectivity index (χ4v) is 2.85. The third kappa shape index (κ3) is 2.18. The van der Waals surface area contributed by atoms with Crippen molar-refractivity contribution in [2.45, 2.75) is 26.2 Å². The lowest BCUT2D eigenvalue weighted by Crippen LogP contribution is -2.22. The zero-order valence-electron chi connectivity index (χ0n) is 11.5. The van der Waals surface area contributed by atoms with E-state index in [0.29, 0.717) is 0 Å². The van der Waals surface area contributed by atoms with Gasteiger partial charge in [-0.05, 0) is 44.0 Å². The fourth-order valence-electron chi connectivity index (χ4n) is 2.72. The molecule has 104 valence electrons. The summed E-state index contributed by atoms with van der Waals surface area (Å²) in [7, 11) is 0. The Kier molecular flexibility index (Phi) is 3.44. The molecule has 2 aromatic rings. The number of aryl methyl sites for hydroxylation is 1. The van der Waals surface area contributed by atoms with Crippen LogP contribution in [0.15, 0.2) is 24.3 Å². The molecule has 20 heavy (non-hydrogen) atoms. The van der Waals surface area contributed by atoms with Crippen LogP contribution >= 0.6 is 12.2 Å². The lowest BCUT2D eigenvalue weighted by molar-refractivity contribution is 0.782. The van der Waals surface area contributed by atoms with Crippen molar-refractivity contribution in [3.05, 3.63) is 35.4 Å². The molecule has 0 fully saturated rings. The second-order valence-corrected chi connectivity index (χ2v) is 5.54. The number of thiocarbonyl (C=S) groups is 1. The Morgan fingerprint density at radius 3 is 2.90 bits per heavy atom. The van der Waals surface area contributed by atoms with Crippen molar-refractivity contribution in [1.82, 2.24) is 9.78 Å². The van der Waals surface area contributed by atoms with E-state index in [4.69, 9.17) is 18.0 Å². The normalized spacial score (nSPS) is 14.2. The molecule has 0 atom stereocenters. The highest BCUT2D eigenvalue weighted by molar-refractivity contribution is 7.80. The smallest absolute Gasteiger partial charge is 0.193 e. The Bertz CT molecular complexity index is 660. The van der Waals surface area contributed by atoms with Crippen LogP contribution in [-0.4, -0.2) is 21.4 Å². The van der Waals surface area contributed by atoms with Gasteiger partial charge in [0, 0.05) is 17.7 Å². The van der Waals surface area contributed by atoms with Gasteiger partial charge in [0.25, 0.3) is 0 Å². The quantitative estimate of drug-likeness (QED) is 0.791. The second kappa shape index (κ2) is 5.25. The molecule has 0 bridgehead atoms. The average molecular weight is 286 g/mol. The summed E-state index contributed by atoms with van der Waals surface area (Å²) in [5.74, 6) is 0.966. The van der Waals surface area contributed by atoms with Crippen LogP contribution in [-0.2, 0) is 6.42 Å². The van der Waals surface area contributed by atoms with Gasteiger partial charge in [0.05, 0.1) is 5.69 Å². The van der Waals surface area contributed by atoms with Gasteiger partial charge in [-0.15, -0.1) is 0 Å². The third-order valence-corrected chi connectivity index (χ3v) is 3.91. The Morgan fingerprint density at radius 2 is 2.15 bits per heavy atom. The van der Waals surface area contributed by atoms with Gasteiger partial charge in [0.15, 0.2) is 5.11 Å². The second-order valence-electron chi connectivity index (χ2n) is 5.12. The summed E-state index contributed by atoms with van der Waals surface area (Å²) in [4.78, 5) is 0. The lowest BCUT2D eigenvalue weighted by Gasteiger charge is -2.06. The fraction of sp³-hybridized carbons (Fsp3) is 0.333. The van der Waals surface area contributed by atoms with Gasteiger partial charge in [-0.3, -0.25) is 0 Å². The van der Waals surface area contributed by atoms with Gasteiger partial charge >= 0.3 is 0 Å². The Morgan fingerprint density at radius 1 is 1.35 bits per heavy atom. The first-order valence-electron chi connectivity index (χ1n) is 6.90. The van der Waals surface area contributed by atoms with Gasteiger partial charge in [-0.25, -0.2) is 0 Å². The van der Waals surface area contributed by atoms with E-state index in [1.807, 2.05) is 12.1 Å². The van der Waals surface area contributed by atoms with Crippen molar-refractivity contribution in [1.29, 1.82) is 0 Å². The SMILES string of the molecule is Cc1ccccc1-c1nn(C(N)=S)c2c1CCCCN2. The molecule has 0 saturated heterocycles. The van der Waals surface area contributed by atoms with Crippen LogP contribution in [0, 0.1) is 6.92 Å². The van der Waals surface area contributed by atoms with Crippen LogP contribution in [0.5, 0.6) is 0 Å². The minimum absolute atomic E-state index is 0.287. The van der Waals surface area contributed by atoms with Crippen LogP contribution in [0.3, 0.4) is 0 Å². The van der Waals surface area contributed by atoms with Crippen LogP contribution in [0.2, 0.25) is 0 Å². The molecule has 0 saturated carbocycles. The summed E-state index contributed by atoms with van der Waals surface area (Å²) < 4.78 is 1.66. The van der Waals surface area contributed by atoms with Crippen LogP contribution in [0.4, 0.5) is 5.82 Å². The molecule has 3 N–H and O–H groups in total. The first-order valence-corrected chi connectivity index (χ1v) is 7.31. The summed E-state index contributed by atoms with van der Waals surface area (Å²) in [6.07, 6.45) is 3.32. The molecule has 0 spiro atoms. The number of benzene rings is 1. The number of nitrogens with one attached hydrogen (secondary N) is 1. The largest absolute Gasteiger partial charge is 0.374 e. The number of hydrogen-bond donors (Lipinski definition) is 2. The molecule has 1 aliphatic rings. The molecule has 1 aromatic carbocycles. The zero-order chi connectivity index (χ0) is 14.1. The molecule has 0 radical (unpaired) electrons. The van der Waals surface area contributed by atoms with E-state index in [2.05, 4.69) is 29.5 Å². The maximum atomic E-state index is 5.81. The minimum Gasteiger partial charge on any atom is -0.374 e. The monoisotopic (exact) mass is 286 g/mol. The number of rotatable bonds is 1. The van der Waals surface area contributed by atoms with E-state index >= 15 is 0 Å². The van der Waals surface area contributed by atoms with Gasteiger partial charge < -0.3 is 11.1 Å². The molecule has 3 rings (SSSR count). The summed E-state index contributed by atoms with van der Waals surface area (Å²) in [5.41, 5.74) is 10.4. The molecule has 0 aliphatic carbocycles. The van der Waals surface area contributed by atoms with Crippen molar-refractivity contribution in [3.63, 3.8) is 0 Å². The van der Waals surface area contributed by atoms with Crippen molar-refractivity contribution < 1.29 is 0 Å². The first kappa shape index (κ1) is 13.1. The highest BCUT2D eigenvalue weighted by Crippen LogP contribution is 2.33. The van der Waals surface area contributed by atoms with Gasteiger partial charge in [0.2, 0.25) is 0 Å². The van der Waals surface area contributed by atoms with Crippen LogP contribution < -0.4 is 11.1 Å². The molecule has 1 aliphatic heterocycles. The van der Waals surface area contributed by atoms with Gasteiger partial charge in [-0.2, -0.15) is 9.78 Å². The molecular weight excluding hydrogens is 268 g/mol. The summed E-state index contributed by atoms with van der Waals surface area (Å²) in [6, 6.07) is 8.29. The highest BCUT2D eigenvalue weighted by Gasteiger charge is 2.22. The predicted molar refractivity (Wildman–Crippen MR) is 86.0 cm³/mol. The highest BCUT2D eigenvalue weighted by atomic mass is 32.1. The van der Waals surface area contributed by atoms with E-state index in [-0.39, 0.29) is 5.11 Å². The standard InChI is InChI=1S/C15H18N4S/c1-10-6-2-3-7-11(10)13-12-8-4-5-9-17-14(12)19(18-13)15(16)20/h2-3,6-7,17H,4-5,8-9H2,1H3,(H2,16,20). The molecule has 5 heteroatoms. The average Bonchev–Trinajstić information content (AvgIpc) is 2.63. The third-order valence-electron chi connectivity index (χ3n) is 3.74. The van der Waals surface area contributed by atoms with Gasteiger partial charge in [0.1, 0.15) is 5.82 Å². The van der Waals surface area contributed by atoms with Crippen molar-refractivity contribution in [2.75, 3.05) is 11.9 Å². The number of hydrogen-bond acceptors (Lipinski definition) is 3. The van der Waals surface area contributed by atoms with Crippen LogP contribution in [0.25, 0.3) is 11.3 Å². The maximum absolute atomic E-state index is 5.81. The number of nitrogens with two attached hydrogens (primary N) is 1. The number of nitrogens with zero attached hydrogens (tertiary/aromatic N) is 2. The lowest BCUT2D eigenvalue weighted by atomic mass is 10.00. The van der Waals surface area contributed by atoms with Gasteiger partial charge in [-0.1, -0.05) is 24.3 Å². The molecule has 1 aromatic heterocycles. The molecule has 0 amide bonds. The molecule has 2 heterocycles.